The number of hydrogen-bond donors (Lipinski definition) is 0. The number of halogens is 2. The Kier molecular flexibility index (Phi) is 5.44. The maximum absolute atomic E-state index is 12.3. The van der Waals surface area contributed by atoms with Crippen LogP contribution in [0.15, 0.2) is 46.9 Å². The van der Waals surface area contributed by atoms with Crippen molar-refractivity contribution in [3.05, 3.63) is 64.0 Å². The Balaban J connectivity index is 1.73. The molecule has 1 aromatic heterocycles. The van der Waals surface area contributed by atoms with Crippen LogP contribution >= 0.6 is 23.2 Å². The van der Waals surface area contributed by atoms with Crippen molar-refractivity contribution in [1.82, 2.24) is 10.2 Å². The van der Waals surface area contributed by atoms with Gasteiger partial charge in [-0.2, -0.15) is 0 Å². The number of carbonyl (C=O) groups excluding carboxylic acids is 1. The molecule has 0 bridgehead atoms. The number of carbonyl (C=O) groups is 1. The minimum absolute atomic E-state index is 0.175. The molecule has 2 aromatic carbocycles. The van der Waals surface area contributed by atoms with Crippen molar-refractivity contribution in [3.63, 3.8) is 0 Å². The molecule has 0 aliphatic rings. The molecule has 0 aliphatic heterocycles. The number of nitrogens with zero attached hydrogens (tertiary/aromatic N) is 2. The molecule has 0 saturated carbocycles. The van der Waals surface area contributed by atoms with E-state index in [4.69, 9.17) is 37.1 Å². The standard InChI is InChI=1S/C18H14Cl2N2O4/c1-10(25-18(23)14-8-5-12(19)9-15(14)20)16-21-22-17(26-16)11-3-6-13(24-2)7-4-11/h3-10H,1-2H3/t10-/m1/s1. The first-order valence-corrected chi connectivity index (χ1v) is 8.37. The Morgan fingerprint density at radius 1 is 1.12 bits per heavy atom. The van der Waals surface area contributed by atoms with Gasteiger partial charge in [-0.15, -0.1) is 10.2 Å². The summed E-state index contributed by atoms with van der Waals surface area (Å²) in [6.45, 7) is 1.63. The number of methoxy groups -OCH3 is 1. The third-order valence-electron chi connectivity index (χ3n) is 3.56. The molecule has 0 aliphatic carbocycles. The topological polar surface area (TPSA) is 74.5 Å². The molecule has 0 fully saturated rings. The highest BCUT2D eigenvalue weighted by Gasteiger charge is 2.21. The first kappa shape index (κ1) is 18.2. The SMILES string of the molecule is COc1ccc(-c2nnc([C@@H](C)OC(=O)c3ccc(Cl)cc3Cl)o2)cc1. The van der Waals surface area contributed by atoms with Crippen LogP contribution in [-0.2, 0) is 4.74 Å². The van der Waals surface area contributed by atoms with Crippen LogP contribution in [0.1, 0.15) is 29.3 Å². The Morgan fingerprint density at radius 3 is 2.50 bits per heavy atom. The van der Waals surface area contributed by atoms with E-state index < -0.39 is 12.1 Å². The van der Waals surface area contributed by atoms with E-state index in [9.17, 15) is 4.79 Å². The number of rotatable bonds is 5. The zero-order chi connectivity index (χ0) is 18.7. The third-order valence-corrected chi connectivity index (χ3v) is 4.11. The first-order chi connectivity index (χ1) is 12.5. The molecule has 1 heterocycles. The lowest BCUT2D eigenvalue weighted by Crippen LogP contribution is -2.10. The van der Waals surface area contributed by atoms with Gasteiger partial charge in [0.15, 0.2) is 6.10 Å². The molecule has 0 radical (unpaired) electrons. The van der Waals surface area contributed by atoms with Crippen LogP contribution in [0.25, 0.3) is 11.5 Å². The van der Waals surface area contributed by atoms with Crippen molar-refractivity contribution in [2.45, 2.75) is 13.0 Å². The fourth-order valence-electron chi connectivity index (χ4n) is 2.18. The minimum Gasteiger partial charge on any atom is -0.497 e. The van der Waals surface area contributed by atoms with Gasteiger partial charge in [-0.1, -0.05) is 23.2 Å². The molecule has 6 nitrogen and oxygen atoms in total. The highest BCUT2D eigenvalue weighted by molar-refractivity contribution is 6.36. The van der Waals surface area contributed by atoms with Gasteiger partial charge in [-0.05, 0) is 49.4 Å². The van der Waals surface area contributed by atoms with Crippen molar-refractivity contribution in [1.29, 1.82) is 0 Å². The zero-order valence-corrected chi connectivity index (χ0v) is 15.4. The van der Waals surface area contributed by atoms with Crippen LogP contribution in [0.5, 0.6) is 5.75 Å². The molecule has 0 spiro atoms. The van der Waals surface area contributed by atoms with Crippen molar-refractivity contribution >= 4 is 29.2 Å². The van der Waals surface area contributed by atoms with Gasteiger partial charge in [0.05, 0.1) is 17.7 Å². The summed E-state index contributed by atoms with van der Waals surface area (Å²) in [5.74, 6) is 0.600. The summed E-state index contributed by atoms with van der Waals surface area (Å²) in [5, 5.41) is 8.56. The number of ether oxygens (including phenoxy) is 2. The predicted octanol–water partition coefficient (Wildman–Crippen LogP) is 4.97. The summed E-state index contributed by atoms with van der Waals surface area (Å²) in [4.78, 5) is 12.3. The molecular weight excluding hydrogens is 379 g/mol. The van der Waals surface area contributed by atoms with E-state index in [1.54, 1.807) is 44.4 Å². The van der Waals surface area contributed by atoms with E-state index in [1.807, 2.05) is 0 Å². The average Bonchev–Trinajstić information content (AvgIpc) is 3.12. The number of esters is 1. The van der Waals surface area contributed by atoms with Crippen LogP contribution in [0.2, 0.25) is 10.0 Å². The molecule has 3 rings (SSSR count). The molecule has 26 heavy (non-hydrogen) atoms. The van der Waals surface area contributed by atoms with Gasteiger partial charge in [-0.3, -0.25) is 0 Å². The second-order valence-corrected chi connectivity index (χ2v) is 6.19. The van der Waals surface area contributed by atoms with Gasteiger partial charge >= 0.3 is 5.97 Å². The highest BCUT2D eigenvalue weighted by atomic mass is 35.5. The fourth-order valence-corrected chi connectivity index (χ4v) is 2.66. The molecule has 0 N–H and O–H groups in total. The fraction of sp³-hybridized carbons (Fsp3) is 0.167. The maximum Gasteiger partial charge on any atom is 0.340 e. The summed E-state index contributed by atoms with van der Waals surface area (Å²) in [6.07, 6.45) is -0.742. The molecule has 0 unspecified atom stereocenters. The van der Waals surface area contributed by atoms with Crippen LogP contribution in [0.4, 0.5) is 0 Å². The monoisotopic (exact) mass is 392 g/mol. The van der Waals surface area contributed by atoms with Crippen molar-refractivity contribution in [3.8, 4) is 17.2 Å². The van der Waals surface area contributed by atoms with Crippen molar-refractivity contribution in [2.75, 3.05) is 7.11 Å². The summed E-state index contributed by atoms with van der Waals surface area (Å²) in [6, 6.07) is 11.7. The van der Waals surface area contributed by atoms with Crippen LogP contribution in [0, 0.1) is 0 Å². The molecule has 134 valence electrons. The van der Waals surface area contributed by atoms with E-state index in [2.05, 4.69) is 10.2 Å². The normalized spacial score (nSPS) is 11.8. The van der Waals surface area contributed by atoms with Gasteiger partial charge in [0.25, 0.3) is 5.89 Å². The second kappa shape index (κ2) is 7.76. The van der Waals surface area contributed by atoms with Gasteiger partial charge in [0.2, 0.25) is 5.89 Å². The molecule has 0 amide bonds. The Morgan fingerprint density at radius 2 is 1.85 bits per heavy atom. The Hall–Kier alpha value is -2.57. The van der Waals surface area contributed by atoms with Crippen LogP contribution in [-0.4, -0.2) is 23.3 Å². The molecule has 1 atom stereocenters. The third kappa shape index (κ3) is 3.98. The number of aromatic nitrogens is 2. The summed E-state index contributed by atoms with van der Waals surface area (Å²) < 4.78 is 16.1. The zero-order valence-electron chi connectivity index (χ0n) is 13.9. The highest BCUT2D eigenvalue weighted by Crippen LogP contribution is 2.26. The van der Waals surface area contributed by atoms with Crippen molar-refractivity contribution in [2.24, 2.45) is 0 Å². The summed E-state index contributed by atoms with van der Waals surface area (Å²) in [7, 11) is 1.59. The van der Waals surface area contributed by atoms with E-state index in [0.717, 1.165) is 11.3 Å². The van der Waals surface area contributed by atoms with Gasteiger partial charge < -0.3 is 13.9 Å². The van der Waals surface area contributed by atoms with E-state index in [0.29, 0.717) is 10.9 Å². The van der Waals surface area contributed by atoms with Gasteiger partial charge in [-0.25, -0.2) is 4.79 Å². The molecule has 8 heteroatoms. The molecule has 3 aromatic rings. The maximum atomic E-state index is 12.3. The lowest BCUT2D eigenvalue weighted by molar-refractivity contribution is 0.0280. The Labute approximate surface area is 159 Å². The first-order valence-electron chi connectivity index (χ1n) is 7.62. The van der Waals surface area contributed by atoms with Crippen LogP contribution < -0.4 is 4.74 Å². The second-order valence-electron chi connectivity index (χ2n) is 5.35. The quantitative estimate of drug-likeness (QED) is 0.570. The average molecular weight is 393 g/mol. The Bertz CT molecular complexity index is 925. The van der Waals surface area contributed by atoms with E-state index >= 15 is 0 Å². The summed E-state index contributed by atoms with van der Waals surface area (Å²) in [5.41, 5.74) is 0.932. The smallest absolute Gasteiger partial charge is 0.340 e. The van der Waals surface area contributed by atoms with E-state index in [1.165, 1.54) is 12.1 Å². The molecule has 0 saturated heterocycles. The molecular formula is C18H14Cl2N2O4. The lowest BCUT2D eigenvalue weighted by Gasteiger charge is -2.10. The predicted molar refractivity (Wildman–Crippen MR) is 96.6 cm³/mol. The van der Waals surface area contributed by atoms with Gasteiger partial charge in [0, 0.05) is 10.6 Å². The largest absolute Gasteiger partial charge is 0.497 e. The number of hydrogen-bond acceptors (Lipinski definition) is 6. The van der Waals surface area contributed by atoms with Crippen LogP contribution in [0.3, 0.4) is 0 Å². The minimum atomic E-state index is -0.742. The van der Waals surface area contributed by atoms with E-state index in [-0.39, 0.29) is 16.5 Å². The van der Waals surface area contributed by atoms with Gasteiger partial charge in [0.1, 0.15) is 5.75 Å². The number of benzene rings is 2. The van der Waals surface area contributed by atoms with Crippen molar-refractivity contribution < 1.29 is 18.7 Å². The lowest BCUT2D eigenvalue weighted by atomic mass is 10.2. The summed E-state index contributed by atoms with van der Waals surface area (Å²) >= 11 is 11.8.